The first kappa shape index (κ1) is 15.0. The standard InChI is InChI=1S/C15H19F2N3O2/c1-19-5-7-20(8-6-19)15(21)18-12-4-9-22-14-11(17)3-2-10(16)13(12)14/h2-3,12H,4-9H2,1H3,(H,18,21)/t12-/m1/s1. The van der Waals surface area contributed by atoms with E-state index in [9.17, 15) is 13.6 Å². The van der Waals surface area contributed by atoms with Crippen LogP contribution in [0.3, 0.4) is 0 Å². The van der Waals surface area contributed by atoms with Crippen molar-refractivity contribution in [2.45, 2.75) is 12.5 Å². The minimum atomic E-state index is -0.602. The van der Waals surface area contributed by atoms with Crippen molar-refractivity contribution in [3.05, 3.63) is 29.3 Å². The number of carbonyl (C=O) groups excluding carboxylic acids is 1. The fourth-order valence-electron chi connectivity index (χ4n) is 2.84. The van der Waals surface area contributed by atoms with Crippen LogP contribution in [-0.2, 0) is 0 Å². The second-order valence-corrected chi connectivity index (χ2v) is 5.70. The van der Waals surface area contributed by atoms with Gasteiger partial charge in [0, 0.05) is 32.6 Å². The van der Waals surface area contributed by atoms with Crippen LogP contribution in [0.2, 0.25) is 0 Å². The number of urea groups is 1. The maximum absolute atomic E-state index is 14.0. The van der Waals surface area contributed by atoms with Gasteiger partial charge in [0.05, 0.1) is 18.2 Å². The van der Waals surface area contributed by atoms with Crippen LogP contribution in [0, 0.1) is 11.6 Å². The van der Waals surface area contributed by atoms with E-state index in [1.54, 1.807) is 4.90 Å². The van der Waals surface area contributed by atoms with Gasteiger partial charge in [0.2, 0.25) is 0 Å². The molecule has 2 aliphatic heterocycles. The van der Waals surface area contributed by atoms with Gasteiger partial charge in [-0.15, -0.1) is 0 Å². The van der Waals surface area contributed by atoms with Gasteiger partial charge in [-0.1, -0.05) is 0 Å². The molecule has 0 spiro atoms. The van der Waals surface area contributed by atoms with E-state index in [0.29, 0.717) is 19.5 Å². The Bertz CT molecular complexity index is 574. The number of hydrogen-bond acceptors (Lipinski definition) is 3. The lowest BCUT2D eigenvalue weighted by molar-refractivity contribution is 0.147. The predicted molar refractivity (Wildman–Crippen MR) is 76.8 cm³/mol. The Morgan fingerprint density at radius 2 is 1.91 bits per heavy atom. The zero-order chi connectivity index (χ0) is 15.7. The molecule has 0 saturated carbocycles. The van der Waals surface area contributed by atoms with Gasteiger partial charge in [0.15, 0.2) is 11.6 Å². The van der Waals surface area contributed by atoms with Gasteiger partial charge in [-0.25, -0.2) is 13.6 Å². The number of nitrogens with one attached hydrogen (secondary N) is 1. The van der Waals surface area contributed by atoms with E-state index in [1.165, 1.54) is 0 Å². The zero-order valence-corrected chi connectivity index (χ0v) is 12.4. The smallest absolute Gasteiger partial charge is 0.317 e. The van der Waals surface area contributed by atoms with E-state index >= 15 is 0 Å². The van der Waals surface area contributed by atoms with Crippen molar-refractivity contribution in [1.29, 1.82) is 0 Å². The van der Waals surface area contributed by atoms with Crippen LogP contribution in [0.4, 0.5) is 13.6 Å². The van der Waals surface area contributed by atoms with Crippen molar-refractivity contribution in [2.24, 2.45) is 0 Å². The van der Waals surface area contributed by atoms with Gasteiger partial charge in [-0.3, -0.25) is 0 Å². The SMILES string of the molecule is CN1CCN(C(=O)N[C@@H]2CCOc3c(F)ccc(F)c32)CC1. The number of ether oxygens (including phenoxy) is 1. The molecule has 1 N–H and O–H groups in total. The number of rotatable bonds is 1. The summed E-state index contributed by atoms with van der Waals surface area (Å²) in [7, 11) is 2.00. The monoisotopic (exact) mass is 311 g/mol. The number of nitrogens with zero attached hydrogens (tertiary/aromatic N) is 2. The Kier molecular flexibility index (Phi) is 4.15. The number of hydrogen-bond donors (Lipinski definition) is 1. The molecule has 0 aromatic heterocycles. The fraction of sp³-hybridized carbons (Fsp3) is 0.533. The van der Waals surface area contributed by atoms with Crippen LogP contribution >= 0.6 is 0 Å². The Hall–Kier alpha value is -1.89. The Morgan fingerprint density at radius 1 is 1.23 bits per heavy atom. The van der Waals surface area contributed by atoms with Crippen LogP contribution < -0.4 is 10.1 Å². The summed E-state index contributed by atoms with van der Waals surface area (Å²) in [5.41, 5.74) is 0.105. The first-order chi connectivity index (χ1) is 10.6. The number of amides is 2. The highest BCUT2D eigenvalue weighted by molar-refractivity contribution is 5.75. The van der Waals surface area contributed by atoms with Gasteiger partial charge in [0.1, 0.15) is 5.82 Å². The molecule has 1 fully saturated rings. The first-order valence-corrected chi connectivity index (χ1v) is 7.41. The maximum Gasteiger partial charge on any atom is 0.317 e. The van der Waals surface area contributed by atoms with E-state index < -0.39 is 17.7 Å². The average molecular weight is 311 g/mol. The summed E-state index contributed by atoms with van der Waals surface area (Å²) >= 11 is 0. The molecule has 22 heavy (non-hydrogen) atoms. The molecule has 0 radical (unpaired) electrons. The van der Waals surface area contributed by atoms with Crippen LogP contribution in [-0.4, -0.2) is 55.7 Å². The second kappa shape index (κ2) is 6.08. The molecular formula is C15H19F2N3O2. The average Bonchev–Trinajstić information content (AvgIpc) is 2.52. The van der Waals surface area contributed by atoms with Crippen molar-refractivity contribution >= 4 is 6.03 Å². The van der Waals surface area contributed by atoms with Gasteiger partial charge in [-0.2, -0.15) is 0 Å². The Morgan fingerprint density at radius 3 is 2.64 bits per heavy atom. The number of benzene rings is 1. The highest BCUT2D eigenvalue weighted by atomic mass is 19.1. The van der Waals surface area contributed by atoms with E-state index in [4.69, 9.17) is 4.74 Å². The lowest BCUT2D eigenvalue weighted by atomic mass is 9.99. The fourth-order valence-corrected chi connectivity index (χ4v) is 2.84. The van der Waals surface area contributed by atoms with Crippen LogP contribution in [0.25, 0.3) is 0 Å². The van der Waals surface area contributed by atoms with E-state index in [2.05, 4.69) is 10.2 Å². The van der Waals surface area contributed by atoms with Gasteiger partial charge >= 0.3 is 6.03 Å². The lowest BCUT2D eigenvalue weighted by Crippen LogP contribution is -2.51. The van der Waals surface area contributed by atoms with Crippen molar-refractivity contribution in [3.8, 4) is 5.75 Å². The molecule has 5 nitrogen and oxygen atoms in total. The summed E-state index contributed by atoms with van der Waals surface area (Å²) in [6.45, 7) is 3.12. The zero-order valence-electron chi connectivity index (χ0n) is 12.4. The number of likely N-dealkylation sites (N-methyl/N-ethyl adjacent to an activating group) is 1. The van der Waals surface area contributed by atoms with E-state index in [-0.39, 0.29) is 24.0 Å². The topological polar surface area (TPSA) is 44.8 Å². The third-order valence-corrected chi connectivity index (χ3v) is 4.18. The minimum Gasteiger partial charge on any atom is -0.490 e. The van der Waals surface area contributed by atoms with E-state index in [1.807, 2.05) is 7.05 Å². The molecule has 120 valence electrons. The molecule has 0 unspecified atom stereocenters. The molecule has 2 amide bonds. The maximum atomic E-state index is 14.0. The molecule has 2 aliphatic rings. The summed E-state index contributed by atoms with van der Waals surface area (Å²) < 4.78 is 33.0. The highest BCUT2D eigenvalue weighted by Crippen LogP contribution is 2.36. The summed E-state index contributed by atoms with van der Waals surface area (Å²) in [4.78, 5) is 16.2. The normalized spacial score (nSPS) is 22.0. The quantitative estimate of drug-likeness (QED) is 0.859. The number of piperazine rings is 1. The minimum absolute atomic E-state index is 0.0880. The lowest BCUT2D eigenvalue weighted by Gasteiger charge is -2.34. The summed E-state index contributed by atoms with van der Waals surface area (Å²) in [6.07, 6.45) is 0.423. The van der Waals surface area contributed by atoms with Gasteiger partial charge in [0.25, 0.3) is 0 Å². The van der Waals surface area contributed by atoms with Crippen LogP contribution in [0.15, 0.2) is 12.1 Å². The molecule has 1 atom stereocenters. The highest BCUT2D eigenvalue weighted by Gasteiger charge is 2.30. The summed E-state index contributed by atoms with van der Waals surface area (Å²) in [5, 5.41) is 2.81. The second-order valence-electron chi connectivity index (χ2n) is 5.70. The molecule has 2 heterocycles. The van der Waals surface area contributed by atoms with Crippen molar-refractivity contribution in [3.63, 3.8) is 0 Å². The molecule has 1 aromatic rings. The third-order valence-electron chi connectivity index (χ3n) is 4.18. The molecule has 7 heteroatoms. The largest absolute Gasteiger partial charge is 0.490 e. The van der Waals surface area contributed by atoms with Crippen molar-refractivity contribution < 1.29 is 18.3 Å². The van der Waals surface area contributed by atoms with Crippen LogP contribution in [0.5, 0.6) is 5.75 Å². The van der Waals surface area contributed by atoms with Crippen molar-refractivity contribution in [1.82, 2.24) is 15.1 Å². The number of fused-ring (bicyclic) bond motifs is 1. The number of halogens is 2. The molecule has 0 aliphatic carbocycles. The Balaban J connectivity index is 1.75. The number of carbonyl (C=O) groups is 1. The first-order valence-electron chi connectivity index (χ1n) is 7.41. The molecule has 1 aromatic carbocycles. The predicted octanol–water partition coefficient (Wildman–Crippen LogP) is 1.75. The molecule has 3 rings (SSSR count). The molecule has 1 saturated heterocycles. The molecular weight excluding hydrogens is 292 g/mol. The summed E-state index contributed by atoms with van der Waals surface area (Å²) in [5.74, 6) is -1.25. The van der Waals surface area contributed by atoms with Gasteiger partial charge in [-0.05, 0) is 19.2 Å². The van der Waals surface area contributed by atoms with E-state index in [0.717, 1.165) is 25.2 Å². The molecule has 0 bridgehead atoms. The Labute approximate surface area is 127 Å². The third kappa shape index (κ3) is 2.85. The van der Waals surface area contributed by atoms with Crippen LogP contribution in [0.1, 0.15) is 18.0 Å². The summed E-state index contributed by atoms with van der Waals surface area (Å²) in [6, 6.07) is 1.30. The van der Waals surface area contributed by atoms with Gasteiger partial charge < -0.3 is 19.9 Å². The van der Waals surface area contributed by atoms with Crippen molar-refractivity contribution in [2.75, 3.05) is 39.8 Å².